The Hall–Kier alpha value is -2.65. The van der Waals surface area contributed by atoms with Crippen LogP contribution in [0.2, 0.25) is 0 Å². The van der Waals surface area contributed by atoms with E-state index in [-0.39, 0.29) is 11.4 Å². The van der Waals surface area contributed by atoms with Crippen LogP contribution in [0.4, 0.5) is 13.2 Å². The third-order valence-electron chi connectivity index (χ3n) is 3.26. The SMILES string of the molecule is N#Cc1c(C(F)(F)F)cc(-c2cccs2)nc1-c1ccccc1. The quantitative estimate of drug-likeness (QED) is 0.633. The van der Waals surface area contributed by atoms with Crippen LogP contribution >= 0.6 is 11.3 Å². The summed E-state index contributed by atoms with van der Waals surface area (Å²) in [6.07, 6.45) is -4.62. The Morgan fingerprint density at radius 1 is 1.04 bits per heavy atom. The van der Waals surface area contributed by atoms with Gasteiger partial charge in [0.1, 0.15) is 6.07 Å². The van der Waals surface area contributed by atoms with Crippen LogP contribution in [0.25, 0.3) is 21.8 Å². The Kier molecular flexibility index (Phi) is 3.89. The van der Waals surface area contributed by atoms with Gasteiger partial charge in [0, 0.05) is 5.56 Å². The number of thiophene rings is 1. The van der Waals surface area contributed by atoms with E-state index in [1.165, 1.54) is 11.3 Å². The number of alkyl halides is 3. The van der Waals surface area contributed by atoms with Gasteiger partial charge in [0.05, 0.1) is 27.4 Å². The van der Waals surface area contributed by atoms with Crippen molar-refractivity contribution in [3.63, 3.8) is 0 Å². The van der Waals surface area contributed by atoms with E-state index in [1.807, 2.05) is 0 Å². The van der Waals surface area contributed by atoms with Gasteiger partial charge in [0.25, 0.3) is 0 Å². The summed E-state index contributed by atoms with van der Waals surface area (Å²) in [5.41, 5.74) is -0.675. The first kappa shape index (κ1) is 15.3. The monoisotopic (exact) mass is 330 g/mol. The molecule has 0 unspecified atom stereocenters. The Balaban J connectivity index is 2.34. The molecule has 0 saturated carbocycles. The van der Waals surface area contributed by atoms with Gasteiger partial charge in [0.15, 0.2) is 0 Å². The summed E-state index contributed by atoms with van der Waals surface area (Å²) in [4.78, 5) is 4.94. The molecular formula is C17H9F3N2S. The van der Waals surface area contributed by atoms with Crippen molar-refractivity contribution in [1.82, 2.24) is 4.98 Å². The largest absolute Gasteiger partial charge is 0.417 e. The second-order valence-corrected chi connectivity index (χ2v) is 5.68. The van der Waals surface area contributed by atoms with Gasteiger partial charge >= 0.3 is 6.18 Å². The average molecular weight is 330 g/mol. The number of halogens is 3. The third kappa shape index (κ3) is 2.96. The Labute approximate surface area is 134 Å². The van der Waals surface area contributed by atoms with Crippen LogP contribution in [0, 0.1) is 11.3 Å². The fraction of sp³-hybridized carbons (Fsp3) is 0.0588. The molecule has 0 radical (unpaired) electrons. The highest BCUT2D eigenvalue weighted by molar-refractivity contribution is 7.13. The van der Waals surface area contributed by atoms with E-state index in [4.69, 9.17) is 0 Å². The number of hydrogen-bond acceptors (Lipinski definition) is 3. The second-order valence-electron chi connectivity index (χ2n) is 4.73. The molecule has 2 nitrogen and oxygen atoms in total. The molecule has 0 bridgehead atoms. The molecular weight excluding hydrogens is 321 g/mol. The predicted octanol–water partition coefficient (Wildman–Crippen LogP) is 5.37. The van der Waals surface area contributed by atoms with Gasteiger partial charge in [-0.2, -0.15) is 18.4 Å². The van der Waals surface area contributed by atoms with E-state index < -0.39 is 17.3 Å². The van der Waals surface area contributed by atoms with Gasteiger partial charge in [-0.3, -0.25) is 0 Å². The molecule has 0 atom stereocenters. The molecule has 0 aliphatic carbocycles. The Morgan fingerprint density at radius 2 is 1.78 bits per heavy atom. The van der Waals surface area contributed by atoms with Crippen LogP contribution < -0.4 is 0 Å². The standard InChI is InChI=1S/C17H9F3N2S/c18-17(19,20)13-9-14(15-7-4-8-23-15)22-16(12(13)10-21)11-5-2-1-3-6-11/h1-9H. The van der Waals surface area contributed by atoms with Gasteiger partial charge < -0.3 is 0 Å². The molecule has 0 aliphatic heterocycles. The van der Waals surface area contributed by atoms with E-state index in [2.05, 4.69) is 4.98 Å². The molecule has 3 rings (SSSR count). The number of benzene rings is 1. The lowest BCUT2D eigenvalue weighted by Gasteiger charge is -2.14. The zero-order valence-corrected chi connectivity index (χ0v) is 12.4. The summed E-state index contributed by atoms with van der Waals surface area (Å²) in [6, 6.07) is 14.5. The number of pyridine rings is 1. The number of hydrogen-bond donors (Lipinski definition) is 0. The lowest BCUT2D eigenvalue weighted by molar-refractivity contribution is -0.137. The minimum atomic E-state index is -4.62. The normalized spacial score (nSPS) is 11.2. The number of rotatable bonds is 2. The molecule has 0 spiro atoms. The van der Waals surface area contributed by atoms with E-state index in [0.717, 1.165) is 6.07 Å². The highest BCUT2D eigenvalue weighted by Crippen LogP contribution is 2.38. The fourth-order valence-electron chi connectivity index (χ4n) is 2.24. The molecule has 114 valence electrons. The molecule has 2 aromatic heterocycles. The van der Waals surface area contributed by atoms with Gasteiger partial charge in [-0.15, -0.1) is 11.3 Å². The summed E-state index contributed by atoms with van der Waals surface area (Å²) in [5, 5.41) is 11.0. The van der Waals surface area contributed by atoms with E-state index in [0.29, 0.717) is 10.4 Å². The van der Waals surface area contributed by atoms with Crippen LogP contribution in [0.5, 0.6) is 0 Å². The maximum absolute atomic E-state index is 13.4. The molecule has 2 heterocycles. The first-order valence-corrected chi connectivity index (χ1v) is 7.50. The number of nitrogens with zero attached hydrogens (tertiary/aromatic N) is 2. The maximum atomic E-state index is 13.4. The molecule has 0 N–H and O–H groups in total. The van der Waals surface area contributed by atoms with Crippen molar-refractivity contribution in [2.45, 2.75) is 6.18 Å². The summed E-state index contributed by atoms with van der Waals surface area (Å²) in [6.45, 7) is 0. The summed E-state index contributed by atoms with van der Waals surface area (Å²) < 4.78 is 40.1. The minimum Gasteiger partial charge on any atom is -0.246 e. The molecule has 0 aliphatic rings. The highest BCUT2D eigenvalue weighted by atomic mass is 32.1. The van der Waals surface area contributed by atoms with Crippen molar-refractivity contribution < 1.29 is 13.2 Å². The molecule has 1 aromatic carbocycles. The Bertz CT molecular complexity index is 863. The lowest BCUT2D eigenvalue weighted by atomic mass is 10.00. The molecule has 6 heteroatoms. The average Bonchev–Trinajstić information content (AvgIpc) is 3.08. The van der Waals surface area contributed by atoms with Gasteiger partial charge in [0.2, 0.25) is 0 Å². The zero-order chi connectivity index (χ0) is 16.4. The van der Waals surface area contributed by atoms with Crippen molar-refractivity contribution in [2.75, 3.05) is 0 Å². The number of nitriles is 1. The van der Waals surface area contributed by atoms with Crippen molar-refractivity contribution >= 4 is 11.3 Å². The van der Waals surface area contributed by atoms with E-state index in [9.17, 15) is 18.4 Å². The highest BCUT2D eigenvalue weighted by Gasteiger charge is 2.36. The third-order valence-corrected chi connectivity index (χ3v) is 4.15. The van der Waals surface area contributed by atoms with Crippen LogP contribution in [-0.2, 0) is 6.18 Å². The van der Waals surface area contributed by atoms with Crippen molar-refractivity contribution in [3.05, 3.63) is 65.0 Å². The minimum absolute atomic E-state index is 0.0475. The van der Waals surface area contributed by atoms with E-state index >= 15 is 0 Å². The zero-order valence-electron chi connectivity index (χ0n) is 11.6. The van der Waals surface area contributed by atoms with Crippen LogP contribution in [0.15, 0.2) is 53.9 Å². The van der Waals surface area contributed by atoms with Gasteiger partial charge in [-0.05, 0) is 17.5 Å². The maximum Gasteiger partial charge on any atom is 0.417 e. The summed E-state index contributed by atoms with van der Waals surface area (Å²) >= 11 is 1.30. The molecule has 23 heavy (non-hydrogen) atoms. The first-order chi connectivity index (χ1) is 11.0. The molecule has 0 amide bonds. The number of aromatic nitrogens is 1. The van der Waals surface area contributed by atoms with E-state index in [1.54, 1.807) is 53.9 Å². The smallest absolute Gasteiger partial charge is 0.246 e. The topological polar surface area (TPSA) is 36.7 Å². The summed E-state index contributed by atoms with van der Waals surface area (Å²) in [5.74, 6) is 0. The van der Waals surface area contributed by atoms with Crippen LogP contribution in [0.1, 0.15) is 11.1 Å². The molecule has 0 saturated heterocycles. The summed E-state index contributed by atoms with van der Waals surface area (Å²) in [7, 11) is 0. The second kappa shape index (κ2) is 5.86. The van der Waals surface area contributed by atoms with Crippen molar-refractivity contribution in [1.29, 1.82) is 5.26 Å². The van der Waals surface area contributed by atoms with Crippen molar-refractivity contribution in [2.24, 2.45) is 0 Å². The molecule has 0 fully saturated rings. The Morgan fingerprint density at radius 3 is 2.35 bits per heavy atom. The first-order valence-electron chi connectivity index (χ1n) is 6.62. The predicted molar refractivity (Wildman–Crippen MR) is 82.7 cm³/mol. The van der Waals surface area contributed by atoms with Gasteiger partial charge in [-0.1, -0.05) is 36.4 Å². The van der Waals surface area contributed by atoms with Crippen molar-refractivity contribution in [3.8, 4) is 27.9 Å². The van der Waals surface area contributed by atoms with Crippen LogP contribution in [0.3, 0.4) is 0 Å². The van der Waals surface area contributed by atoms with Gasteiger partial charge in [-0.25, -0.2) is 4.98 Å². The van der Waals surface area contributed by atoms with Crippen LogP contribution in [-0.4, -0.2) is 4.98 Å². The fourth-order valence-corrected chi connectivity index (χ4v) is 2.92. The lowest BCUT2D eigenvalue weighted by Crippen LogP contribution is -2.10. The molecule has 3 aromatic rings.